The lowest BCUT2D eigenvalue weighted by molar-refractivity contribution is -0.387. The maximum Gasteiger partial charge on any atom is 0.338 e. The van der Waals surface area contributed by atoms with E-state index in [0.717, 1.165) is 33.6 Å². The number of thiazole rings is 1. The van der Waals surface area contributed by atoms with Crippen molar-refractivity contribution >= 4 is 52.6 Å². The van der Waals surface area contributed by atoms with Gasteiger partial charge in [-0.2, -0.15) is 0 Å². The minimum atomic E-state index is -0.771. The number of aromatic amines is 1. The van der Waals surface area contributed by atoms with Crippen molar-refractivity contribution < 1.29 is 14.5 Å². The normalized spacial score (nSPS) is 14.9. The molecule has 1 N–H and O–H groups in total. The Bertz CT molecular complexity index is 2060. The van der Waals surface area contributed by atoms with Gasteiger partial charge in [-0.1, -0.05) is 29.5 Å². The first-order valence-corrected chi connectivity index (χ1v) is 16.2. The number of H-pyrrole nitrogens is 1. The molecule has 0 amide bonds. The van der Waals surface area contributed by atoms with Crippen molar-refractivity contribution in [3.05, 3.63) is 117 Å². The van der Waals surface area contributed by atoms with Gasteiger partial charge in [0.2, 0.25) is 0 Å². The summed E-state index contributed by atoms with van der Waals surface area (Å²) in [6, 6.07) is 12.7. The first-order chi connectivity index (χ1) is 20.9. The van der Waals surface area contributed by atoms with E-state index in [0.29, 0.717) is 26.3 Å². The first kappa shape index (κ1) is 31.2. The number of esters is 1. The van der Waals surface area contributed by atoms with Crippen LogP contribution < -0.4 is 20.5 Å². The number of thioether (sulfide) groups is 1. The number of ether oxygens (including phenoxy) is 1. The first-order valence-electron chi connectivity index (χ1n) is 13.4. The molecule has 2 aromatic carbocycles. The highest BCUT2D eigenvalue weighted by Crippen LogP contribution is 2.34. The second kappa shape index (κ2) is 12.8. The molecule has 0 aliphatic carbocycles. The Hall–Kier alpha value is -4.27. The van der Waals surface area contributed by atoms with Crippen molar-refractivity contribution in [2.24, 2.45) is 4.99 Å². The molecule has 1 aliphatic rings. The molecular formula is C30H27N5O6S3. The van der Waals surface area contributed by atoms with Crippen molar-refractivity contribution in [3.63, 3.8) is 0 Å². The Labute approximate surface area is 263 Å². The third-order valence-corrected chi connectivity index (χ3v) is 9.23. The molecule has 5 rings (SSSR count). The number of hydrogen-bond donors (Lipinski definition) is 1. The van der Waals surface area contributed by atoms with E-state index in [4.69, 9.17) is 4.74 Å². The van der Waals surface area contributed by atoms with Crippen LogP contribution in [0.2, 0.25) is 0 Å². The van der Waals surface area contributed by atoms with Crippen LogP contribution in [0.1, 0.15) is 43.6 Å². The van der Waals surface area contributed by atoms with Gasteiger partial charge >= 0.3 is 5.97 Å². The lowest BCUT2D eigenvalue weighted by Gasteiger charge is -2.25. The molecule has 11 nitrogen and oxygen atoms in total. The van der Waals surface area contributed by atoms with Crippen LogP contribution >= 0.6 is 34.9 Å². The smallest absolute Gasteiger partial charge is 0.338 e. The van der Waals surface area contributed by atoms with Crippen molar-refractivity contribution in [1.82, 2.24) is 14.5 Å². The van der Waals surface area contributed by atoms with Gasteiger partial charge in [-0.15, -0.1) is 11.8 Å². The predicted molar refractivity (Wildman–Crippen MR) is 170 cm³/mol. The van der Waals surface area contributed by atoms with E-state index < -0.39 is 22.5 Å². The Balaban J connectivity index is 1.62. The van der Waals surface area contributed by atoms with E-state index in [1.54, 1.807) is 57.7 Å². The highest BCUT2D eigenvalue weighted by atomic mass is 32.2. The minimum Gasteiger partial charge on any atom is -0.459 e. The summed E-state index contributed by atoms with van der Waals surface area (Å²) in [7, 11) is 0. The summed E-state index contributed by atoms with van der Waals surface area (Å²) in [6.45, 7) is 6.89. The molecule has 1 atom stereocenters. The van der Waals surface area contributed by atoms with Crippen LogP contribution in [-0.4, -0.2) is 37.8 Å². The van der Waals surface area contributed by atoms with Crippen LogP contribution in [-0.2, 0) is 9.53 Å². The number of carbonyl (C=O) groups is 1. The molecule has 14 heteroatoms. The molecule has 0 saturated heterocycles. The zero-order chi connectivity index (χ0) is 31.7. The number of aryl methyl sites for hydroxylation is 1. The van der Waals surface area contributed by atoms with E-state index in [1.807, 2.05) is 30.5 Å². The molecule has 0 unspecified atom stereocenters. The van der Waals surface area contributed by atoms with E-state index in [-0.39, 0.29) is 33.0 Å². The van der Waals surface area contributed by atoms with E-state index in [9.17, 15) is 24.5 Å². The molecule has 3 heterocycles. The number of nitrogens with zero attached hydrogens (tertiary/aromatic N) is 4. The Morgan fingerprint density at radius 3 is 2.52 bits per heavy atom. The third kappa shape index (κ3) is 6.47. The molecule has 1 aliphatic heterocycles. The molecule has 0 spiro atoms. The number of carbonyl (C=O) groups excluding carboxylic acids is 1. The van der Waals surface area contributed by atoms with Crippen molar-refractivity contribution in [1.29, 1.82) is 0 Å². The van der Waals surface area contributed by atoms with Gasteiger partial charge in [0.05, 0.1) is 37.8 Å². The second-order valence-corrected chi connectivity index (χ2v) is 13.0. The fraction of sp³-hybridized carbons (Fsp3) is 0.233. The van der Waals surface area contributed by atoms with Crippen LogP contribution in [0, 0.1) is 17.0 Å². The molecule has 0 radical (unpaired) electrons. The van der Waals surface area contributed by atoms with Gasteiger partial charge in [-0.05, 0) is 81.1 Å². The summed E-state index contributed by atoms with van der Waals surface area (Å²) in [4.78, 5) is 63.7. The topological polar surface area (TPSA) is 150 Å². The van der Waals surface area contributed by atoms with Gasteiger partial charge in [-0.25, -0.2) is 14.8 Å². The molecular weight excluding hydrogens is 623 g/mol. The highest BCUT2D eigenvalue weighted by molar-refractivity contribution is 7.99. The average Bonchev–Trinajstić information content (AvgIpc) is 3.25. The molecule has 226 valence electrons. The van der Waals surface area contributed by atoms with Crippen LogP contribution in [0.5, 0.6) is 0 Å². The second-order valence-electron chi connectivity index (χ2n) is 10.1. The SMILES string of the molecule is CSc1ccc([C@H]2C(C(=O)OC(C)C)=C(C)N=c3s/c(=C\c4ccc(Sc5nc(C)cc(=O)[nH]5)c([N+](=O)[O-])c4)c(=O)n32)cc1. The number of benzene rings is 2. The lowest BCUT2D eigenvalue weighted by atomic mass is 9.96. The zero-order valence-corrected chi connectivity index (χ0v) is 26.8. The highest BCUT2D eigenvalue weighted by Gasteiger charge is 2.33. The molecule has 0 bridgehead atoms. The summed E-state index contributed by atoms with van der Waals surface area (Å²) in [5, 5.41) is 12.2. The maximum absolute atomic E-state index is 13.9. The maximum atomic E-state index is 13.9. The van der Waals surface area contributed by atoms with Crippen LogP contribution in [0.25, 0.3) is 6.08 Å². The molecule has 0 fully saturated rings. The Morgan fingerprint density at radius 1 is 1.16 bits per heavy atom. The van der Waals surface area contributed by atoms with E-state index in [2.05, 4.69) is 15.0 Å². The monoisotopic (exact) mass is 649 g/mol. The summed E-state index contributed by atoms with van der Waals surface area (Å²) in [5.74, 6) is -0.553. The van der Waals surface area contributed by atoms with Gasteiger partial charge in [0.15, 0.2) is 9.96 Å². The van der Waals surface area contributed by atoms with E-state index >= 15 is 0 Å². The van der Waals surface area contributed by atoms with Crippen LogP contribution in [0.4, 0.5) is 5.69 Å². The number of rotatable bonds is 8. The quantitative estimate of drug-likeness (QED) is 0.0966. The standard InChI is InChI=1S/C30H27N5O6S3/c1-15(2)41-28(38)25-17(4)32-30-34(26(25)19-7-9-20(42-5)10-8-19)27(37)23(44-30)14-18-6-11-22(21(13-18)35(39)40)43-29-31-16(3)12-24(36)33-29/h6-15,26H,1-5H3,(H,31,33,36)/b23-14-/t26-/m0/s1. The average molecular weight is 650 g/mol. The number of aromatic nitrogens is 3. The summed E-state index contributed by atoms with van der Waals surface area (Å²) in [6.07, 6.45) is 3.16. The van der Waals surface area contributed by atoms with Gasteiger partial charge in [-0.3, -0.25) is 24.3 Å². The van der Waals surface area contributed by atoms with Crippen LogP contribution in [0.3, 0.4) is 0 Å². The van der Waals surface area contributed by atoms with Gasteiger partial charge in [0.1, 0.15) is 0 Å². The third-order valence-electron chi connectivity index (χ3n) is 6.55. The minimum absolute atomic E-state index is 0.206. The number of allylic oxidation sites excluding steroid dienone is 1. The Kier molecular flexibility index (Phi) is 9.04. The zero-order valence-electron chi connectivity index (χ0n) is 24.3. The number of nitrogens with one attached hydrogen (secondary N) is 1. The fourth-order valence-corrected chi connectivity index (χ4v) is 7.05. The molecule has 2 aromatic heterocycles. The summed E-state index contributed by atoms with van der Waals surface area (Å²) < 4.78 is 7.32. The number of nitro benzene ring substituents is 1. The number of fused-ring (bicyclic) bond motifs is 1. The largest absolute Gasteiger partial charge is 0.459 e. The number of nitro groups is 1. The van der Waals surface area contributed by atoms with Crippen LogP contribution in [0.15, 0.2) is 89.3 Å². The number of hydrogen-bond acceptors (Lipinski definition) is 11. The molecule has 44 heavy (non-hydrogen) atoms. The lowest BCUT2D eigenvalue weighted by Crippen LogP contribution is -2.40. The summed E-state index contributed by atoms with van der Waals surface area (Å²) >= 11 is 3.68. The van der Waals surface area contributed by atoms with Gasteiger partial charge in [0.25, 0.3) is 16.8 Å². The predicted octanol–water partition coefficient (Wildman–Crippen LogP) is 4.36. The Morgan fingerprint density at radius 2 is 1.89 bits per heavy atom. The van der Waals surface area contributed by atoms with Crippen molar-refractivity contribution in [3.8, 4) is 0 Å². The fourth-order valence-electron chi connectivity index (χ4n) is 4.67. The van der Waals surface area contributed by atoms with Crippen molar-refractivity contribution in [2.75, 3.05) is 6.26 Å². The molecule has 4 aromatic rings. The van der Waals surface area contributed by atoms with Gasteiger partial charge in [0, 0.05) is 22.7 Å². The van der Waals surface area contributed by atoms with Crippen molar-refractivity contribution in [2.45, 2.75) is 54.8 Å². The summed E-state index contributed by atoms with van der Waals surface area (Å²) in [5.41, 5.74) is 1.40. The molecule has 0 saturated carbocycles. The van der Waals surface area contributed by atoms with E-state index in [1.165, 1.54) is 16.7 Å². The van der Waals surface area contributed by atoms with Gasteiger partial charge < -0.3 is 9.72 Å².